The molecule has 174 valence electrons. The van der Waals surface area contributed by atoms with Crippen LogP contribution >= 0.6 is 0 Å². The molecular formula is C28H28N2O4. The number of urea groups is 1. The molecule has 1 saturated heterocycles. The second kappa shape index (κ2) is 8.52. The number of para-hydroxylation sites is 1. The molecule has 2 heterocycles. The fourth-order valence-corrected chi connectivity index (χ4v) is 4.94. The van der Waals surface area contributed by atoms with Crippen LogP contribution in [0.2, 0.25) is 0 Å². The molecule has 0 spiro atoms. The molecule has 6 nitrogen and oxygen atoms in total. The molecule has 3 aromatic carbocycles. The molecule has 3 aromatic rings. The number of hydrogen-bond acceptors (Lipinski definition) is 4. The summed E-state index contributed by atoms with van der Waals surface area (Å²) < 4.78 is 12.1. The van der Waals surface area contributed by atoms with E-state index in [1.807, 2.05) is 74.5 Å². The monoisotopic (exact) mass is 456 g/mol. The Morgan fingerprint density at radius 2 is 1.79 bits per heavy atom. The van der Waals surface area contributed by atoms with Crippen LogP contribution in [0.3, 0.4) is 0 Å². The zero-order valence-electron chi connectivity index (χ0n) is 19.7. The average Bonchev–Trinajstić information content (AvgIpc) is 2.84. The minimum absolute atomic E-state index is 0.308. The van der Waals surface area contributed by atoms with Crippen molar-refractivity contribution in [3.63, 3.8) is 0 Å². The fourth-order valence-electron chi connectivity index (χ4n) is 4.94. The number of carbonyl (C=O) groups is 2. The molecule has 0 N–H and O–H groups in total. The standard InChI is InChI=1S/C28H28N2O4/c1-19-12-14-21(15-13-19)26(31)30-23-18-28(2,34-25-22(23)10-7-11-24(25)33-3)29(27(30)32)17-16-20-8-5-4-6-9-20/h4-15,23H,16-18H2,1-3H3/t23-,28-/m0/s1. The number of imide groups is 1. The average molecular weight is 457 g/mol. The molecule has 2 aliphatic rings. The first kappa shape index (κ1) is 22.0. The van der Waals surface area contributed by atoms with Crippen molar-refractivity contribution in [3.8, 4) is 11.5 Å². The Labute approximate surface area is 199 Å². The molecule has 0 unspecified atom stereocenters. The second-order valence-corrected chi connectivity index (χ2v) is 9.09. The molecular weight excluding hydrogens is 428 g/mol. The number of aryl methyl sites for hydroxylation is 1. The highest BCUT2D eigenvalue weighted by molar-refractivity contribution is 6.05. The van der Waals surface area contributed by atoms with Crippen molar-refractivity contribution in [1.29, 1.82) is 0 Å². The molecule has 3 amide bonds. The van der Waals surface area contributed by atoms with Crippen LogP contribution in [0.1, 0.15) is 46.4 Å². The first-order valence-electron chi connectivity index (χ1n) is 11.5. The molecule has 2 atom stereocenters. The lowest BCUT2D eigenvalue weighted by molar-refractivity contribution is -0.106. The Bertz CT molecular complexity index is 1220. The zero-order chi connectivity index (χ0) is 23.9. The van der Waals surface area contributed by atoms with E-state index in [9.17, 15) is 9.59 Å². The number of carbonyl (C=O) groups excluding carboxylic acids is 2. The van der Waals surface area contributed by atoms with Gasteiger partial charge in [-0.15, -0.1) is 0 Å². The number of nitrogens with zero attached hydrogens (tertiary/aromatic N) is 2. The highest BCUT2D eigenvalue weighted by Gasteiger charge is 2.55. The number of hydrogen-bond donors (Lipinski definition) is 0. The van der Waals surface area contributed by atoms with E-state index in [2.05, 4.69) is 0 Å². The number of ether oxygens (including phenoxy) is 2. The van der Waals surface area contributed by atoms with Crippen LogP contribution in [-0.2, 0) is 6.42 Å². The van der Waals surface area contributed by atoms with Crippen LogP contribution in [0.4, 0.5) is 4.79 Å². The highest BCUT2D eigenvalue weighted by atomic mass is 16.5. The van der Waals surface area contributed by atoms with E-state index in [0.29, 0.717) is 36.4 Å². The molecule has 0 saturated carbocycles. The Balaban J connectivity index is 1.57. The smallest absolute Gasteiger partial charge is 0.330 e. The number of amides is 3. The third kappa shape index (κ3) is 3.69. The Hall–Kier alpha value is -3.80. The summed E-state index contributed by atoms with van der Waals surface area (Å²) in [6.07, 6.45) is 1.13. The van der Waals surface area contributed by atoms with Gasteiger partial charge in [-0.2, -0.15) is 0 Å². The predicted molar refractivity (Wildman–Crippen MR) is 129 cm³/mol. The first-order chi connectivity index (χ1) is 16.4. The Morgan fingerprint density at radius 3 is 2.50 bits per heavy atom. The first-order valence-corrected chi connectivity index (χ1v) is 11.5. The van der Waals surface area contributed by atoms with Gasteiger partial charge >= 0.3 is 6.03 Å². The minimum atomic E-state index is -0.901. The number of benzene rings is 3. The molecule has 0 radical (unpaired) electrons. The van der Waals surface area contributed by atoms with Gasteiger partial charge in [0.2, 0.25) is 0 Å². The molecule has 6 heteroatoms. The lowest BCUT2D eigenvalue weighted by atomic mass is 9.88. The SMILES string of the molecule is COc1cccc2c1O[C@@]1(C)C[C@@H]2N(C(=O)c2ccc(C)cc2)C(=O)N1CCc1ccccc1. The van der Waals surface area contributed by atoms with Gasteiger partial charge in [-0.25, -0.2) is 4.79 Å². The Morgan fingerprint density at radius 1 is 1.06 bits per heavy atom. The zero-order valence-corrected chi connectivity index (χ0v) is 19.7. The maximum absolute atomic E-state index is 13.9. The van der Waals surface area contributed by atoms with Gasteiger partial charge in [-0.3, -0.25) is 14.6 Å². The van der Waals surface area contributed by atoms with Crippen molar-refractivity contribution in [2.75, 3.05) is 13.7 Å². The molecule has 34 heavy (non-hydrogen) atoms. The van der Waals surface area contributed by atoms with Crippen molar-refractivity contribution < 1.29 is 19.1 Å². The van der Waals surface area contributed by atoms with Crippen LogP contribution in [0.25, 0.3) is 0 Å². The summed E-state index contributed by atoms with van der Waals surface area (Å²) >= 11 is 0. The molecule has 0 aromatic heterocycles. The molecule has 2 aliphatic heterocycles. The van der Waals surface area contributed by atoms with Gasteiger partial charge in [0.15, 0.2) is 17.2 Å². The van der Waals surface area contributed by atoms with Crippen molar-refractivity contribution in [2.24, 2.45) is 0 Å². The van der Waals surface area contributed by atoms with Gasteiger partial charge in [0.1, 0.15) is 0 Å². The van der Waals surface area contributed by atoms with E-state index in [4.69, 9.17) is 9.47 Å². The summed E-state index contributed by atoms with van der Waals surface area (Å²) in [5.74, 6) is 0.869. The van der Waals surface area contributed by atoms with Crippen molar-refractivity contribution in [3.05, 3.63) is 95.1 Å². The maximum atomic E-state index is 13.9. The van der Waals surface area contributed by atoms with Crippen LogP contribution in [0.15, 0.2) is 72.8 Å². The van der Waals surface area contributed by atoms with Crippen LogP contribution < -0.4 is 9.47 Å². The maximum Gasteiger partial charge on any atom is 0.330 e. The summed E-state index contributed by atoms with van der Waals surface area (Å²) in [5.41, 5.74) is 2.54. The van der Waals surface area contributed by atoms with E-state index in [0.717, 1.165) is 16.7 Å². The summed E-state index contributed by atoms with van der Waals surface area (Å²) in [6.45, 7) is 4.32. The number of rotatable bonds is 5. The fraction of sp³-hybridized carbons (Fsp3) is 0.286. The van der Waals surface area contributed by atoms with E-state index >= 15 is 0 Å². The van der Waals surface area contributed by atoms with Crippen molar-refractivity contribution >= 4 is 11.9 Å². The van der Waals surface area contributed by atoms with Gasteiger partial charge in [-0.1, -0.05) is 60.2 Å². The molecule has 0 aliphatic carbocycles. The largest absolute Gasteiger partial charge is 0.493 e. The molecule has 2 bridgehead atoms. The summed E-state index contributed by atoms with van der Waals surface area (Å²) in [7, 11) is 1.60. The quantitative estimate of drug-likeness (QED) is 0.518. The molecule has 1 fully saturated rings. The van der Waals surface area contributed by atoms with Gasteiger partial charge in [0.05, 0.1) is 13.2 Å². The summed E-state index contributed by atoms with van der Waals surface area (Å²) in [5, 5.41) is 0. The molecule has 5 rings (SSSR count). The van der Waals surface area contributed by atoms with Crippen molar-refractivity contribution in [2.45, 2.75) is 38.5 Å². The Kier molecular flexibility index (Phi) is 5.52. The van der Waals surface area contributed by atoms with E-state index in [1.54, 1.807) is 24.1 Å². The summed E-state index contributed by atoms with van der Waals surface area (Å²) in [6, 6.07) is 22.2. The van der Waals surface area contributed by atoms with E-state index < -0.39 is 11.8 Å². The van der Waals surface area contributed by atoms with Gasteiger partial charge in [0.25, 0.3) is 5.91 Å². The number of fused-ring (bicyclic) bond motifs is 4. The predicted octanol–water partition coefficient (Wildman–Crippen LogP) is 5.36. The lowest BCUT2D eigenvalue weighted by Gasteiger charge is -2.54. The van der Waals surface area contributed by atoms with E-state index in [-0.39, 0.29) is 11.9 Å². The highest BCUT2D eigenvalue weighted by Crippen LogP contribution is 2.51. The normalized spacial score (nSPS) is 21.0. The van der Waals surface area contributed by atoms with Crippen LogP contribution in [0.5, 0.6) is 11.5 Å². The number of methoxy groups -OCH3 is 1. The van der Waals surface area contributed by atoms with Crippen molar-refractivity contribution in [1.82, 2.24) is 9.80 Å². The lowest BCUT2D eigenvalue weighted by Crippen LogP contribution is -2.66. The van der Waals surface area contributed by atoms with E-state index in [1.165, 1.54) is 4.90 Å². The van der Waals surface area contributed by atoms with Crippen LogP contribution in [-0.4, -0.2) is 41.1 Å². The second-order valence-electron chi connectivity index (χ2n) is 9.09. The topological polar surface area (TPSA) is 59.1 Å². The van der Waals surface area contributed by atoms with Gasteiger partial charge in [0, 0.05) is 24.1 Å². The van der Waals surface area contributed by atoms with Crippen LogP contribution in [0, 0.1) is 6.92 Å². The minimum Gasteiger partial charge on any atom is -0.493 e. The third-order valence-corrected chi connectivity index (χ3v) is 6.79. The van der Waals surface area contributed by atoms with Gasteiger partial charge in [-0.05, 0) is 44.0 Å². The summed E-state index contributed by atoms with van der Waals surface area (Å²) in [4.78, 5) is 30.7. The third-order valence-electron chi connectivity index (χ3n) is 6.79. The van der Waals surface area contributed by atoms with Gasteiger partial charge < -0.3 is 9.47 Å².